The molecule has 4 rings (SSSR count). The smallest absolute Gasteiger partial charge is 0.245 e. The topological polar surface area (TPSA) is 67.2 Å². The predicted octanol–water partition coefficient (Wildman–Crippen LogP) is 5.74. The lowest BCUT2D eigenvalue weighted by molar-refractivity contribution is -0.134. The van der Waals surface area contributed by atoms with Gasteiger partial charge in [-0.05, 0) is 30.5 Å². The molecule has 2 amide bonds. The monoisotopic (exact) mass is 480 g/mol. The van der Waals surface area contributed by atoms with Gasteiger partial charge < -0.3 is 10.2 Å². The molecule has 0 spiro atoms. The Morgan fingerprint density at radius 3 is 2.19 bits per heavy atom. The molecule has 6 nitrogen and oxygen atoms in total. The summed E-state index contributed by atoms with van der Waals surface area (Å²) in [5, 5.41) is 7.75. The molecule has 0 unspecified atom stereocenters. The molecule has 0 radical (unpaired) electrons. The standard InChI is InChI=1S/C30H32N4O2/c1-2-3-21-33(30(36)20-19-24-13-7-4-8-14-24)23-29(35)31-28-22-27(25-15-9-5-10-16-25)32-34(28)26-17-11-6-12-18-26/h4-18,22H,2-3,19-21,23H2,1H3,(H,31,35). The van der Waals surface area contributed by atoms with Gasteiger partial charge in [-0.2, -0.15) is 5.10 Å². The van der Waals surface area contributed by atoms with E-state index in [2.05, 4.69) is 12.2 Å². The summed E-state index contributed by atoms with van der Waals surface area (Å²) in [7, 11) is 0. The number of amides is 2. The van der Waals surface area contributed by atoms with Gasteiger partial charge in [-0.15, -0.1) is 0 Å². The van der Waals surface area contributed by atoms with E-state index in [-0.39, 0.29) is 18.4 Å². The molecule has 0 saturated heterocycles. The fourth-order valence-electron chi connectivity index (χ4n) is 4.04. The number of unbranched alkanes of at least 4 members (excludes halogenated alkanes) is 1. The lowest BCUT2D eigenvalue weighted by Crippen LogP contribution is -2.39. The second-order valence-corrected chi connectivity index (χ2v) is 8.73. The first-order valence-corrected chi connectivity index (χ1v) is 12.5. The molecule has 36 heavy (non-hydrogen) atoms. The molecule has 0 aliphatic heterocycles. The number of benzene rings is 3. The van der Waals surface area contributed by atoms with Crippen LogP contribution < -0.4 is 5.32 Å². The van der Waals surface area contributed by atoms with Crippen LogP contribution in [0.4, 0.5) is 5.82 Å². The summed E-state index contributed by atoms with van der Waals surface area (Å²) in [6.07, 6.45) is 2.84. The van der Waals surface area contributed by atoms with Crippen molar-refractivity contribution in [3.05, 3.63) is 103 Å². The van der Waals surface area contributed by atoms with Crippen LogP contribution in [-0.4, -0.2) is 39.6 Å². The van der Waals surface area contributed by atoms with Gasteiger partial charge in [-0.3, -0.25) is 9.59 Å². The highest BCUT2D eigenvalue weighted by Crippen LogP contribution is 2.24. The molecule has 184 valence electrons. The molecule has 0 fully saturated rings. The quantitative estimate of drug-likeness (QED) is 0.298. The summed E-state index contributed by atoms with van der Waals surface area (Å²) < 4.78 is 1.73. The lowest BCUT2D eigenvalue weighted by atomic mass is 10.1. The van der Waals surface area contributed by atoms with Crippen molar-refractivity contribution in [3.8, 4) is 16.9 Å². The Bertz CT molecular complexity index is 1250. The highest BCUT2D eigenvalue weighted by molar-refractivity contribution is 5.94. The summed E-state index contributed by atoms with van der Waals surface area (Å²) in [4.78, 5) is 27.8. The molecular weight excluding hydrogens is 448 g/mol. The van der Waals surface area contributed by atoms with Gasteiger partial charge in [-0.25, -0.2) is 4.68 Å². The minimum Gasteiger partial charge on any atom is -0.333 e. The van der Waals surface area contributed by atoms with Gasteiger partial charge in [0.1, 0.15) is 5.82 Å². The molecule has 0 aliphatic rings. The first kappa shape index (κ1) is 24.9. The summed E-state index contributed by atoms with van der Waals surface area (Å²) in [6.45, 7) is 2.65. The van der Waals surface area contributed by atoms with Crippen LogP contribution >= 0.6 is 0 Å². The van der Waals surface area contributed by atoms with Crippen LogP contribution in [-0.2, 0) is 16.0 Å². The van der Waals surface area contributed by atoms with E-state index in [9.17, 15) is 9.59 Å². The van der Waals surface area contributed by atoms with Crippen LogP contribution in [0.15, 0.2) is 97.1 Å². The van der Waals surface area contributed by atoms with Crippen molar-refractivity contribution < 1.29 is 9.59 Å². The maximum absolute atomic E-state index is 13.1. The Hall–Kier alpha value is -4.19. The number of aryl methyl sites for hydroxylation is 1. The number of aromatic nitrogens is 2. The molecule has 1 N–H and O–H groups in total. The number of rotatable bonds is 11. The number of anilines is 1. The first-order chi connectivity index (χ1) is 17.6. The summed E-state index contributed by atoms with van der Waals surface area (Å²) >= 11 is 0. The number of hydrogen-bond acceptors (Lipinski definition) is 3. The molecule has 4 aromatic rings. The molecular formula is C30H32N4O2. The normalized spacial score (nSPS) is 10.7. The Kier molecular flexibility index (Phi) is 8.65. The molecule has 0 aliphatic carbocycles. The van der Waals surface area contributed by atoms with E-state index in [1.165, 1.54) is 0 Å². The highest BCUT2D eigenvalue weighted by atomic mass is 16.2. The predicted molar refractivity (Wildman–Crippen MR) is 144 cm³/mol. The van der Waals surface area contributed by atoms with E-state index >= 15 is 0 Å². The minimum absolute atomic E-state index is 0.00820. The third-order valence-electron chi connectivity index (χ3n) is 5.99. The van der Waals surface area contributed by atoms with E-state index in [0.717, 1.165) is 35.3 Å². The number of para-hydroxylation sites is 1. The second kappa shape index (κ2) is 12.5. The highest BCUT2D eigenvalue weighted by Gasteiger charge is 2.19. The average Bonchev–Trinajstić information content (AvgIpc) is 3.34. The van der Waals surface area contributed by atoms with Crippen LogP contribution in [0.3, 0.4) is 0 Å². The Labute approximate surface area is 212 Å². The van der Waals surface area contributed by atoms with E-state index in [0.29, 0.717) is 25.2 Å². The Balaban J connectivity index is 1.50. The molecule has 0 atom stereocenters. The maximum atomic E-state index is 13.1. The zero-order valence-electron chi connectivity index (χ0n) is 20.6. The molecule has 0 saturated carbocycles. The van der Waals surface area contributed by atoms with Crippen LogP contribution in [0.25, 0.3) is 16.9 Å². The largest absolute Gasteiger partial charge is 0.333 e. The number of hydrogen-bond donors (Lipinski definition) is 1. The van der Waals surface area contributed by atoms with Crippen LogP contribution in [0, 0.1) is 0 Å². The van der Waals surface area contributed by atoms with Crippen LogP contribution in [0.2, 0.25) is 0 Å². The third-order valence-corrected chi connectivity index (χ3v) is 5.99. The molecule has 1 aromatic heterocycles. The van der Waals surface area contributed by atoms with Crippen molar-refractivity contribution in [2.75, 3.05) is 18.4 Å². The summed E-state index contributed by atoms with van der Waals surface area (Å²) in [5.41, 5.74) is 3.68. The number of carbonyl (C=O) groups excluding carboxylic acids is 2. The van der Waals surface area contributed by atoms with E-state index < -0.39 is 0 Å². The van der Waals surface area contributed by atoms with Gasteiger partial charge >= 0.3 is 0 Å². The third kappa shape index (κ3) is 6.69. The molecule has 1 heterocycles. The first-order valence-electron chi connectivity index (χ1n) is 12.5. The van der Waals surface area contributed by atoms with Crippen molar-refractivity contribution in [3.63, 3.8) is 0 Å². The van der Waals surface area contributed by atoms with Crippen molar-refractivity contribution >= 4 is 17.6 Å². The van der Waals surface area contributed by atoms with Gasteiger partial charge in [0.25, 0.3) is 0 Å². The fourth-order valence-corrected chi connectivity index (χ4v) is 4.04. The van der Waals surface area contributed by atoms with Crippen molar-refractivity contribution in [2.45, 2.75) is 32.6 Å². The summed E-state index contributed by atoms with van der Waals surface area (Å²) in [5.74, 6) is 0.317. The van der Waals surface area contributed by atoms with E-state index in [4.69, 9.17) is 5.10 Å². The average molecular weight is 481 g/mol. The van der Waals surface area contributed by atoms with Crippen LogP contribution in [0.5, 0.6) is 0 Å². The maximum Gasteiger partial charge on any atom is 0.245 e. The van der Waals surface area contributed by atoms with Gasteiger partial charge in [0.15, 0.2) is 0 Å². The number of nitrogens with zero attached hydrogens (tertiary/aromatic N) is 3. The Morgan fingerprint density at radius 2 is 1.53 bits per heavy atom. The molecule has 3 aromatic carbocycles. The minimum atomic E-state index is -0.240. The SMILES string of the molecule is CCCCN(CC(=O)Nc1cc(-c2ccccc2)nn1-c1ccccc1)C(=O)CCc1ccccc1. The van der Waals surface area contributed by atoms with Gasteiger partial charge in [-0.1, -0.05) is 92.2 Å². The van der Waals surface area contributed by atoms with Gasteiger partial charge in [0, 0.05) is 24.6 Å². The van der Waals surface area contributed by atoms with Gasteiger partial charge in [0.2, 0.25) is 11.8 Å². The Morgan fingerprint density at radius 1 is 0.889 bits per heavy atom. The lowest BCUT2D eigenvalue weighted by Gasteiger charge is -2.22. The zero-order chi connectivity index (χ0) is 25.2. The van der Waals surface area contributed by atoms with Crippen molar-refractivity contribution in [2.24, 2.45) is 0 Å². The summed E-state index contributed by atoms with van der Waals surface area (Å²) in [6, 6.07) is 31.4. The number of carbonyl (C=O) groups is 2. The van der Waals surface area contributed by atoms with E-state index in [1.807, 2.05) is 97.1 Å². The fraction of sp³-hybridized carbons (Fsp3) is 0.233. The van der Waals surface area contributed by atoms with Crippen molar-refractivity contribution in [1.82, 2.24) is 14.7 Å². The zero-order valence-corrected chi connectivity index (χ0v) is 20.6. The number of nitrogens with one attached hydrogen (secondary N) is 1. The molecule has 6 heteroatoms. The van der Waals surface area contributed by atoms with Crippen molar-refractivity contribution in [1.29, 1.82) is 0 Å². The van der Waals surface area contributed by atoms with E-state index in [1.54, 1.807) is 9.58 Å². The second-order valence-electron chi connectivity index (χ2n) is 8.73. The molecule has 0 bridgehead atoms. The van der Waals surface area contributed by atoms with Gasteiger partial charge in [0.05, 0.1) is 17.9 Å². The van der Waals surface area contributed by atoms with Crippen LogP contribution in [0.1, 0.15) is 31.7 Å².